The van der Waals surface area contributed by atoms with Gasteiger partial charge in [-0.05, 0) is 19.1 Å². The summed E-state index contributed by atoms with van der Waals surface area (Å²) in [5, 5.41) is 3.33. The van der Waals surface area contributed by atoms with Gasteiger partial charge in [0.1, 0.15) is 11.5 Å². The maximum Gasteiger partial charge on any atom is 0.194 e. The van der Waals surface area contributed by atoms with E-state index >= 15 is 0 Å². The number of benzene rings is 1. The molecule has 0 fully saturated rings. The van der Waals surface area contributed by atoms with Crippen LogP contribution in [0.5, 0.6) is 11.5 Å². The van der Waals surface area contributed by atoms with Crippen LogP contribution < -0.4 is 14.8 Å². The highest BCUT2D eigenvalue weighted by Crippen LogP contribution is 2.25. The third-order valence-electron chi connectivity index (χ3n) is 3.78. The molecular weight excluding hydrogens is 318 g/mol. The lowest BCUT2D eigenvalue weighted by Gasteiger charge is -2.23. The van der Waals surface area contributed by atoms with Crippen molar-refractivity contribution in [1.29, 1.82) is 0 Å². The van der Waals surface area contributed by atoms with Gasteiger partial charge >= 0.3 is 0 Å². The average molecular weight is 345 g/mol. The molecule has 1 heterocycles. The molecular formula is C18H27N5O2. The number of ether oxygens (including phenoxy) is 2. The first-order chi connectivity index (χ1) is 12.2. The highest BCUT2D eigenvalue weighted by atomic mass is 16.5. The van der Waals surface area contributed by atoms with Crippen molar-refractivity contribution in [3.63, 3.8) is 0 Å². The third kappa shape index (κ3) is 5.41. The molecule has 0 amide bonds. The zero-order chi connectivity index (χ0) is 18.1. The van der Waals surface area contributed by atoms with E-state index in [4.69, 9.17) is 14.5 Å². The molecule has 0 aliphatic rings. The number of methoxy groups -OCH3 is 2. The average Bonchev–Trinajstić information content (AvgIpc) is 3.14. The van der Waals surface area contributed by atoms with Gasteiger partial charge in [-0.1, -0.05) is 0 Å². The molecule has 0 saturated carbocycles. The number of nitrogens with one attached hydrogen (secondary N) is 1. The van der Waals surface area contributed by atoms with Crippen molar-refractivity contribution in [2.75, 3.05) is 34.4 Å². The van der Waals surface area contributed by atoms with Crippen molar-refractivity contribution in [1.82, 2.24) is 19.8 Å². The molecule has 0 aliphatic carbocycles. The van der Waals surface area contributed by atoms with Crippen molar-refractivity contribution < 1.29 is 9.47 Å². The van der Waals surface area contributed by atoms with Crippen LogP contribution in [0.25, 0.3) is 0 Å². The fourth-order valence-corrected chi connectivity index (χ4v) is 2.47. The Morgan fingerprint density at radius 3 is 2.80 bits per heavy atom. The molecule has 0 unspecified atom stereocenters. The Morgan fingerprint density at radius 1 is 1.32 bits per heavy atom. The first-order valence-corrected chi connectivity index (χ1v) is 8.34. The third-order valence-corrected chi connectivity index (χ3v) is 3.78. The molecule has 1 aromatic carbocycles. The second-order valence-corrected chi connectivity index (χ2v) is 5.57. The van der Waals surface area contributed by atoms with Crippen molar-refractivity contribution in [2.24, 2.45) is 4.99 Å². The second kappa shape index (κ2) is 9.56. The quantitative estimate of drug-likeness (QED) is 0.586. The van der Waals surface area contributed by atoms with Gasteiger partial charge in [-0.25, -0.2) is 4.98 Å². The highest BCUT2D eigenvalue weighted by molar-refractivity contribution is 5.79. The maximum atomic E-state index is 5.48. The van der Waals surface area contributed by atoms with Crippen molar-refractivity contribution in [3.05, 3.63) is 42.5 Å². The van der Waals surface area contributed by atoms with Gasteiger partial charge in [0.2, 0.25) is 0 Å². The minimum atomic E-state index is 0.683. The van der Waals surface area contributed by atoms with Crippen LogP contribution in [0.1, 0.15) is 12.5 Å². The molecule has 2 rings (SSSR count). The number of guanidine groups is 1. The number of rotatable bonds is 8. The van der Waals surface area contributed by atoms with Crippen LogP contribution >= 0.6 is 0 Å². The van der Waals surface area contributed by atoms with E-state index in [2.05, 4.69) is 22.1 Å². The summed E-state index contributed by atoms with van der Waals surface area (Å²) >= 11 is 0. The smallest absolute Gasteiger partial charge is 0.194 e. The van der Waals surface area contributed by atoms with Crippen molar-refractivity contribution in [3.8, 4) is 11.5 Å². The van der Waals surface area contributed by atoms with Gasteiger partial charge in [0.05, 0.1) is 27.1 Å². The van der Waals surface area contributed by atoms with Crippen molar-refractivity contribution >= 4 is 5.96 Å². The lowest BCUT2D eigenvalue weighted by Crippen LogP contribution is -2.38. The van der Waals surface area contributed by atoms with Crippen LogP contribution in [0.2, 0.25) is 0 Å². The van der Waals surface area contributed by atoms with Crippen LogP contribution in [-0.2, 0) is 13.1 Å². The van der Waals surface area contributed by atoms with E-state index in [0.717, 1.165) is 36.1 Å². The minimum Gasteiger partial charge on any atom is -0.497 e. The molecule has 0 saturated heterocycles. The van der Waals surface area contributed by atoms with E-state index in [9.17, 15) is 0 Å². The number of hydrogen-bond donors (Lipinski definition) is 1. The van der Waals surface area contributed by atoms with Gasteiger partial charge in [0, 0.05) is 50.7 Å². The zero-order valence-corrected chi connectivity index (χ0v) is 15.4. The zero-order valence-electron chi connectivity index (χ0n) is 15.4. The predicted octanol–water partition coefficient (Wildman–Crippen LogP) is 2.00. The lowest BCUT2D eigenvalue weighted by molar-refractivity contribution is 0.382. The summed E-state index contributed by atoms with van der Waals surface area (Å²) in [6.07, 6.45) is 5.51. The van der Waals surface area contributed by atoms with Crippen LogP contribution in [0.4, 0.5) is 0 Å². The number of aromatic nitrogens is 2. The number of nitrogens with zero attached hydrogens (tertiary/aromatic N) is 4. The van der Waals surface area contributed by atoms with E-state index in [-0.39, 0.29) is 0 Å². The Labute approximate surface area is 149 Å². The topological polar surface area (TPSA) is 63.9 Å². The summed E-state index contributed by atoms with van der Waals surface area (Å²) in [5.41, 5.74) is 1.08. The Morgan fingerprint density at radius 2 is 2.16 bits per heavy atom. The summed E-state index contributed by atoms with van der Waals surface area (Å²) < 4.78 is 12.7. The van der Waals surface area contributed by atoms with E-state index < -0.39 is 0 Å². The van der Waals surface area contributed by atoms with E-state index in [1.54, 1.807) is 26.7 Å². The maximum absolute atomic E-state index is 5.48. The molecule has 0 atom stereocenters. The van der Waals surface area contributed by atoms with Gasteiger partial charge in [-0.3, -0.25) is 4.99 Å². The molecule has 7 heteroatoms. The highest BCUT2D eigenvalue weighted by Gasteiger charge is 2.11. The normalized spacial score (nSPS) is 11.3. The Bertz CT molecular complexity index is 670. The Hall–Kier alpha value is -2.70. The summed E-state index contributed by atoms with van der Waals surface area (Å²) in [6.45, 7) is 5.04. The Kier molecular flexibility index (Phi) is 7.13. The van der Waals surface area contributed by atoms with Crippen LogP contribution in [0.3, 0.4) is 0 Å². The molecule has 1 aromatic heterocycles. The standard InChI is InChI=1S/C18H27N5O2/c1-5-20-18(21-9-11-23-10-8-19-14-23)22(2)13-15-6-7-16(24-3)12-17(15)25-4/h6-8,10,12,14H,5,9,11,13H2,1-4H3,(H,20,21). The fourth-order valence-electron chi connectivity index (χ4n) is 2.47. The number of imidazole rings is 1. The summed E-state index contributed by atoms with van der Waals surface area (Å²) in [7, 11) is 5.34. The molecule has 2 aromatic rings. The summed E-state index contributed by atoms with van der Waals surface area (Å²) in [6, 6.07) is 5.85. The molecule has 1 N–H and O–H groups in total. The molecule has 7 nitrogen and oxygen atoms in total. The number of hydrogen-bond acceptors (Lipinski definition) is 4. The Balaban J connectivity index is 2.05. The number of aliphatic imine (C=N–C) groups is 1. The summed E-state index contributed by atoms with van der Waals surface area (Å²) in [5.74, 6) is 2.45. The molecule has 0 aliphatic heterocycles. The molecule has 136 valence electrons. The second-order valence-electron chi connectivity index (χ2n) is 5.57. The SMILES string of the molecule is CCNC(=NCCn1ccnc1)N(C)Cc1ccc(OC)cc1OC. The van der Waals surface area contributed by atoms with Crippen LogP contribution in [-0.4, -0.2) is 54.8 Å². The van der Waals surface area contributed by atoms with E-state index in [0.29, 0.717) is 13.1 Å². The monoisotopic (exact) mass is 345 g/mol. The first kappa shape index (κ1) is 18.6. The molecule has 0 radical (unpaired) electrons. The van der Waals surface area contributed by atoms with Crippen LogP contribution in [0.15, 0.2) is 41.9 Å². The summed E-state index contributed by atoms with van der Waals surface area (Å²) in [4.78, 5) is 10.8. The minimum absolute atomic E-state index is 0.683. The molecule has 25 heavy (non-hydrogen) atoms. The van der Waals surface area contributed by atoms with Gasteiger partial charge < -0.3 is 24.3 Å². The van der Waals surface area contributed by atoms with Crippen LogP contribution in [0, 0.1) is 0 Å². The van der Waals surface area contributed by atoms with E-state index in [1.165, 1.54) is 0 Å². The fraction of sp³-hybridized carbons (Fsp3) is 0.444. The van der Waals surface area contributed by atoms with Gasteiger partial charge in [0.25, 0.3) is 0 Å². The first-order valence-electron chi connectivity index (χ1n) is 8.34. The van der Waals surface area contributed by atoms with Gasteiger partial charge in [-0.15, -0.1) is 0 Å². The molecule has 0 bridgehead atoms. The van der Waals surface area contributed by atoms with Crippen molar-refractivity contribution in [2.45, 2.75) is 20.0 Å². The largest absolute Gasteiger partial charge is 0.497 e. The van der Waals surface area contributed by atoms with Gasteiger partial charge in [-0.2, -0.15) is 0 Å². The molecule has 0 spiro atoms. The van der Waals surface area contributed by atoms with Gasteiger partial charge in [0.15, 0.2) is 5.96 Å². The van der Waals surface area contributed by atoms with E-state index in [1.807, 2.05) is 36.0 Å². The predicted molar refractivity (Wildman–Crippen MR) is 99.2 cm³/mol. The lowest BCUT2D eigenvalue weighted by atomic mass is 10.2.